The Hall–Kier alpha value is -2.60. The molecular formula is C20H23N5O. The zero-order valence-corrected chi connectivity index (χ0v) is 15.0. The summed E-state index contributed by atoms with van der Waals surface area (Å²) in [6, 6.07) is 14.4. The fourth-order valence-corrected chi connectivity index (χ4v) is 3.40. The van der Waals surface area contributed by atoms with Crippen LogP contribution in [0.5, 0.6) is 0 Å². The van der Waals surface area contributed by atoms with Gasteiger partial charge in [-0.25, -0.2) is 0 Å². The van der Waals surface area contributed by atoms with E-state index >= 15 is 0 Å². The number of piperidine rings is 1. The number of aryl methyl sites for hydroxylation is 1. The molecule has 1 aliphatic heterocycles. The quantitative estimate of drug-likeness (QED) is 0.704. The van der Waals surface area contributed by atoms with Crippen molar-refractivity contribution in [2.24, 2.45) is 5.92 Å². The number of hydrogen-bond donors (Lipinski definition) is 0. The van der Waals surface area contributed by atoms with E-state index in [4.69, 9.17) is 4.52 Å². The van der Waals surface area contributed by atoms with Gasteiger partial charge in [0.15, 0.2) is 0 Å². The number of benzene rings is 1. The normalized spacial score (nSPS) is 16.0. The highest BCUT2D eigenvalue weighted by atomic mass is 16.5. The average molecular weight is 349 g/mol. The van der Waals surface area contributed by atoms with Crippen molar-refractivity contribution < 1.29 is 4.52 Å². The summed E-state index contributed by atoms with van der Waals surface area (Å²) in [6.07, 6.45) is 3.16. The standard InChI is InChI=1S/C20H23N5O/c1-15-7-8-18(23-22-15)20-21-19(26-24-20)13-16-9-11-25(12-10-16)14-17-5-3-2-4-6-17/h2-8,16H,9-14H2,1H3. The highest BCUT2D eigenvalue weighted by Gasteiger charge is 2.22. The Kier molecular flexibility index (Phi) is 5.02. The molecule has 6 heteroatoms. The molecule has 0 saturated carbocycles. The van der Waals surface area contributed by atoms with Crippen LogP contribution in [0, 0.1) is 12.8 Å². The van der Waals surface area contributed by atoms with Gasteiger partial charge in [0.1, 0.15) is 5.69 Å². The van der Waals surface area contributed by atoms with Crippen LogP contribution in [0.3, 0.4) is 0 Å². The van der Waals surface area contributed by atoms with E-state index in [-0.39, 0.29) is 0 Å². The number of likely N-dealkylation sites (tertiary alicyclic amines) is 1. The molecule has 1 fully saturated rings. The first-order valence-corrected chi connectivity index (χ1v) is 9.16. The number of rotatable bonds is 5. The van der Waals surface area contributed by atoms with Crippen molar-refractivity contribution in [1.82, 2.24) is 25.2 Å². The number of aromatic nitrogens is 4. The maximum absolute atomic E-state index is 5.43. The van der Waals surface area contributed by atoms with Crippen LogP contribution >= 0.6 is 0 Å². The van der Waals surface area contributed by atoms with Crippen LogP contribution < -0.4 is 0 Å². The van der Waals surface area contributed by atoms with Crippen molar-refractivity contribution in [3.63, 3.8) is 0 Å². The van der Waals surface area contributed by atoms with Gasteiger partial charge in [0.25, 0.3) is 0 Å². The van der Waals surface area contributed by atoms with Crippen LogP contribution in [0.4, 0.5) is 0 Å². The fourth-order valence-electron chi connectivity index (χ4n) is 3.40. The van der Waals surface area contributed by atoms with Gasteiger partial charge in [0.05, 0.1) is 5.69 Å². The lowest BCUT2D eigenvalue weighted by atomic mass is 9.93. The molecule has 0 unspecified atom stereocenters. The Labute approximate surface area is 153 Å². The maximum Gasteiger partial charge on any atom is 0.227 e. The Balaban J connectivity index is 1.30. The van der Waals surface area contributed by atoms with E-state index in [2.05, 4.69) is 55.6 Å². The smallest absolute Gasteiger partial charge is 0.227 e. The molecule has 0 bridgehead atoms. The lowest BCUT2D eigenvalue weighted by Crippen LogP contribution is -2.33. The summed E-state index contributed by atoms with van der Waals surface area (Å²) in [5.74, 6) is 1.82. The lowest BCUT2D eigenvalue weighted by Gasteiger charge is -2.31. The second kappa shape index (κ2) is 7.74. The van der Waals surface area contributed by atoms with Gasteiger partial charge in [-0.2, -0.15) is 10.1 Å². The predicted octanol–water partition coefficient (Wildman–Crippen LogP) is 3.29. The van der Waals surface area contributed by atoms with Gasteiger partial charge >= 0.3 is 0 Å². The Morgan fingerprint density at radius 3 is 2.58 bits per heavy atom. The molecule has 0 amide bonds. The SMILES string of the molecule is Cc1ccc(-c2noc(CC3CCN(Cc4ccccc4)CC3)n2)nn1. The Morgan fingerprint density at radius 1 is 1.04 bits per heavy atom. The monoisotopic (exact) mass is 349 g/mol. The van der Waals surface area contributed by atoms with Crippen LogP contribution in [0.1, 0.15) is 30.0 Å². The molecule has 4 rings (SSSR count). The van der Waals surface area contributed by atoms with Crippen LogP contribution in [0.2, 0.25) is 0 Å². The Bertz CT molecular complexity index is 823. The van der Waals surface area contributed by atoms with Crippen molar-refractivity contribution in [2.75, 3.05) is 13.1 Å². The lowest BCUT2D eigenvalue weighted by molar-refractivity contribution is 0.171. The summed E-state index contributed by atoms with van der Waals surface area (Å²) >= 11 is 0. The Morgan fingerprint density at radius 2 is 1.85 bits per heavy atom. The van der Waals surface area contributed by atoms with Crippen molar-refractivity contribution in [3.05, 3.63) is 59.6 Å². The molecule has 3 aromatic rings. The summed E-state index contributed by atoms with van der Waals surface area (Å²) in [7, 11) is 0. The van der Waals surface area contributed by atoms with E-state index in [1.165, 1.54) is 5.56 Å². The van der Waals surface area contributed by atoms with Gasteiger partial charge in [0, 0.05) is 13.0 Å². The third-order valence-corrected chi connectivity index (χ3v) is 4.91. The zero-order valence-electron chi connectivity index (χ0n) is 15.0. The van der Waals surface area contributed by atoms with E-state index in [0.717, 1.165) is 44.6 Å². The van der Waals surface area contributed by atoms with E-state index in [0.29, 0.717) is 23.3 Å². The van der Waals surface area contributed by atoms with Gasteiger partial charge in [-0.05, 0) is 56.5 Å². The van der Waals surface area contributed by atoms with Crippen LogP contribution in [0.15, 0.2) is 47.0 Å². The number of hydrogen-bond acceptors (Lipinski definition) is 6. The molecule has 6 nitrogen and oxygen atoms in total. The van der Waals surface area contributed by atoms with Crippen molar-refractivity contribution in [1.29, 1.82) is 0 Å². The molecule has 0 aliphatic carbocycles. The molecule has 0 atom stereocenters. The van der Waals surface area contributed by atoms with Gasteiger partial charge in [-0.3, -0.25) is 4.90 Å². The molecule has 3 heterocycles. The van der Waals surface area contributed by atoms with Crippen LogP contribution in [-0.2, 0) is 13.0 Å². The van der Waals surface area contributed by atoms with E-state index in [1.54, 1.807) is 0 Å². The van der Waals surface area contributed by atoms with Gasteiger partial charge in [0.2, 0.25) is 11.7 Å². The fraction of sp³-hybridized carbons (Fsp3) is 0.400. The number of nitrogens with zero attached hydrogens (tertiary/aromatic N) is 5. The summed E-state index contributed by atoms with van der Waals surface area (Å²) in [5, 5.41) is 12.2. The minimum Gasteiger partial charge on any atom is -0.339 e. The zero-order chi connectivity index (χ0) is 17.8. The van der Waals surface area contributed by atoms with Crippen molar-refractivity contribution >= 4 is 0 Å². The molecule has 1 saturated heterocycles. The molecule has 1 aliphatic rings. The second-order valence-electron chi connectivity index (χ2n) is 6.98. The summed E-state index contributed by atoms with van der Waals surface area (Å²) < 4.78 is 5.43. The second-order valence-corrected chi connectivity index (χ2v) is 6.98. The third kappa shape index (κ3) is 4.14. The first-order chi connectivity index (χ1) is 12.8. The van der Waals surface area contributed by atoms with Gasteiger partial charge < -0.3 is 4.52 Å². The molecule has 2 aromatic heterocycles. The minimum atomic E-state index is 0.522. The average Bonchev–Trinajstić information content (AvgIpc) is 3.13. The maximum atomic E-state index is 5.43. The topological polar surface area (TPSA) is 67.9 Å². The van der Waals surface area contributed by atoms with Gasteiger partial charge in [-0.1, -0.05) is 35.5 Å². The largest absolute Gasteiger partial charge is 0.339 e. The molecule has 0 radical (unpaired) electrons. The van der Waals surface area contributed by atoms with Gasteiger partial charge in [-0.15, -0.1) is 5.10 Å². The van der Waals surface area contributed by atoms with E-state index in [9.17, 15) is 0 Å². The summed E-state index contributed by atoms with van der Waals surface area (Å²) in [6.45, 7) is 5.17. The molecule has 26 heavy (non-hydrogen) atoms. The molecule has 0 spiro atoms. The van der Waals surface area contributed by atoms with E-state index < -0.39 is 0 Å². The van der Waals surface area contributed by atoms with Crippen LogP contribution in [-0.4, -0.2) is 38.3 Å². The summed E-state index contributed by atoms with van der Waals surface area (Å²) in [5.41, 5.74) is 2.91. The molecule has 0 N–H and O–H groups in total. The van der Waals surface area contributed by atoms with Crippen molar-refractivity contribution in [3.8, 4) is 11.5 Å². The molecule has 134 valence electrons. The highest BCUT2D eigenvalue weighted by Crippen LogP contribution is 2.23. The first kappa shape index (κ1) is 16.8. The molecule has 1 aromatic carbocycles. The van der Waals surface area contributed by atoms with E-state index in [1.807, 2.05) is 19.1 Å². The van der Waals surface area contributed by atoms with Crippen LogP contribution in [0.25, 0.3) is 11.5 Å². The highest BCUT2D eigenvalue weighted by molar-refractivity contribution is 5.46. The first-order valence-electron chi connectivity index (χ1n) is 9.16. The third-order valence-electron chi connectivity index (χ3n) is 4.91. The van der Waals surface area contributed by atoms with Crippen molar-refractivity contribution in [2.45, 2.75) is 32.7 Å². The predicted molar refractivity (Wildman–Crippen MR) is 98.2 cm³/mol. The minimum absolute atomic E-state index is 0.522. The molecular weight excluding hydrogens is 326 g/mol. The summed E-state index contributed by atoms with van der Waals surface area (Å²) in [4.78, 5) is 7.02.